The van der Waals surface area contributed by atoms with Crippen LogP contribution in [-0.4, -0.2) is 21.5 Å². The van der Waals surface area contributed by atoms with Gasteiger partial charge < -0.3 is 5.11 Å². The van der Waals surface area contributed by atoms with E-state index in [9.17, 15) is 5.11 Å². The first-order valence-electron chi connectivity index (χ1n) is 4.88. The van der Waals surface area contributed by atoms with Crippen LogP contribution < -0.4 is 0 Å². The molecule has 1 aromatic carbocycles. The first-order chi connectivity index (χ1) is 7.29. The summed E-state index contributed by atoms with van der Waals surface area (Å²) in [5, 5.41) is 11.2. The summed E-state index contributed by atoms with van der Waals surface area (Å²) in [7, 11) is 0. The van der Waals surface area contributed by atoms with Crippen LogP contribution in [0.3, 0.4) is 0 Å². The number of halogens is 1. The number of alkyl halides is 1. The molecule has 1 aromatic heterocycles. The van der Waals surface area contributed by atoms with Gasteiger partial charge in [0, 0.05) is 22.8 Å². The predicted octanol–water partition coefficient (Wildman–Crippen LogP) is 2.53. The van der Waals surface area contributed by atoms with E-state index in [2.05, 4.69) is 20.9 Å². The van der Waals surface area contributed by atoms with Gasteiger partial charge in [0.25, 0.3) is 0 Å². The number of pyridine rings is 1. The monoisotopic (exact) mass is 265 g/mol. The van der Waals surface area contributed by atoms with E-state index in [4.69, 9.17) is 0 Å². The summed E-state index contributed by atoms with van der Waals surface area (Å²) < 4.78 is 0. The molecule has 15 heavy (non-hydrogen) atoms. The van der Waals surface area contributed by atoms with E-state index in [1.54, 1.807) is 0 Å². The SMILES string of the molecule is OC(CBr)Cc1ccc2ccccc2n1. The van der Waals surface area contributed by atoms with E-state index < -0.39 is 0 Å². The second kappa shape index (κ2) is 4.73. The average molecular weight is 266 g/mol. The lowest BCUT2D eigenvalue weighted by molar-refractivity contribution is 0.200. The summed E-state index contributed by atoms with van der Waals surface area (Å²) in [5.74, 6) is 0. The van der Waals surface area contributed by atoms with Gasteiger partial charge in [-0.2, -0.15) is 0 Å². The molecule has 0 amide bonds. The Hall–Kier alpha value is -0.930. The quantitative estimate of drug-likeness (QED) is 0.866. The number of aliphatic hydroxyl groups is 1. The van der Waals surface area contributed by atoms with Crippen molar-refractivity contribution in [1.82, 2.24) is 4.98 Å². The van der Waals surface area contributed by atoms with E-state index in [1.807, 2.05) is 36.4 Å². The van der Waals surface area contributed by atoms with Crippen molar-refractivity contribution in [2.45, 2.75) is 12.5 Å². The van der Waals surface area contributed by atoms with Gasteiger partial charge >= 0.3 is 0 Å². The van der Waals surface area contributed by atoms with Crippen molar-refractivity contribution in [2.24, 2.45) is 0 Å². The maximum absolute atomic E-state index is 9.50. The summed E-state index contributed by atoms with van der Waals surface area (Å²) in [6.07, 6.45) is 0.231. The Labute approximate surface area is 97.1 Å². The lowest BCUT2D eigenvalue weighted by Gasteiger charge is -2.06. The van der Waals surface area contributed by atoms with Crippen LogP contribution in [0.15, 0.2) is 36.4 Å². The Balaban J connectivity index is 2.30. The van der Waals surface area contributed by atoms with Crippen LogP contribution in [0.25, 0.3) is 10.9 Å². The highest BCUT2D eigenvalue weighted by Gasteiger charge is 2.05. The van der Waals surface area contributed by atoms with E-state index in [1.165, 1.54) is 0 Å². The van der Waals surface area contributed by atoms with Crippen molar-refractivity contribution in [3.63, 3.8) is 0 Å². The van der Waals surface area contributed by atoms with Gasteiger partial charge in [-0.05, 0) is 12.1 Å². The molecule has 0 radical (unpaired) electrons. The van der Waals surface area contributed by atoms with E-state index >= 15 is 0 Å². The fraction of sp³-hybridized carbons (Fsp3) is 0.250. The lowest BCUT2D eigenvalue weighted by Crippen LogP contribution is -2.12. The van der Waals surface area contributed by atoms with Crippen molar-refractivity contribution in [3.8, 4) is 0 Å². The van der Waals surface area contributed by atoms with Crippen molar-refractivity contribution < 1.29 is 5.11 Å². The molecule has 1 N–H and O–H groups in total. The van der Waals surface area contributed by atoms with Gasteiger partial charge in [-0.25, -0.2) is 0 Å². The maximum Gasteiger partial charge on any atom is 0.0705 e. The Kier molecular flexibility index (Phi) is 3.34. The molecule has 0 spiro atoms. The van der Waals surface area contributed by atoms with Crippen LogP contribution in [0.4, 0.5) is 0 Å². The van der Waals surface area contributed by atoms with Crippen molar-refractivity contribution in [3.05, 3.63) is 42.1 Å². The summed E-state index contributed by atoms with van der Waals surface area (Å²) in [4.78, 5) is 4.48. The molecule has 2 aromatic rings. The Morgan fingerprint density at radius 3 is 2.80 bits per heavy atom. The number of benzene rings is 1. The minimum Gasteiger partial charge on any atom is -0.392 e. The molecule has 3 heteroatoms. The zero-order valence-electron chi connectivity index (χ0n) is 8.23. The molecular formula is C12H12BrNO. The van der Waals surface area contributed by atoms with Gasteiger partial charge in [-0.15, -0.1) is 0 Å². The second-order valence-corrected chi connectivity index (χ2v) is 4.16. The number of hydrogen-bond acceptors (Lipinski definition) is 2. The van der Waals surface area contributed by atoms with Gasteiger partial charge in [0.05, 0.1) is 11.6 Å². The molecular weight excluding hydrogens is 254 g/mol. The molecule has 2 nitrogen and oxygen atoms in total. The summed E-state index contributed by atoms with van der Waals surface area (Å²) >= 11 is 3.24. The van der Waals surface area contributed by atoms with Gasteiger partial charge in [-0.3, -0.25) is 4.98 Å². The number of hydrogen-bond donors (Lipinski definition) is 1. The number of rotatable bonds is 3. The van der Waals surface area contributed by atoms with E-state index in [0.717, 1.165) is 16.6 Å². The molecule has 0 aliphatic rings. The molecule has 0 fully saturated rings. The third-order valence-electron chi connectivity index (χ3n) is 2.28. The van der Waals surface area contributed by atoms with Crippen molar-refractivity contribution >= 4 is 26.8 Å². The van der Waals surface area contributed by atoms with Gasteiger partial charge in [0.1, 0.15) is 0 Å². The third kappa shape index (κ3) is 2.55. The molecule has 0 aliphatic carbocycles. The number of fused-ring (bicyclic) bond motifs is 1. The maximum atomic E-state index is 9.50. The third-order valence-corrected chi connectivity index (χ3v) is 3.03. The van der Waals surface area contributed by atoms with Crippen LogP contribution in [0.1, 0.15) is 5.69 Å². The second-order valence-electron chi connectivity index (χ2n) is 3.51. The Morgan fingerprint density at radius 1 is 1.20 bits per heavy atom. The molecule has 1 atom stereocenters. The number of nitrogens with zero attached hydrogens (tertiary/aromatic N) is 1. The molecule has 0 aliphatic heterocycles. The molecule has 0 saturated carbocycles. The minimum atomic E-state index is -0.362. The van der Waals surface area contributed by atoms with Crippen LogP contribution in [0.5, 0.6) is 0 Å². The van der Waals surface area contributed by atoms with Crippen molar-refractivity contribution in [1.29, 1.82) is 0 Å². The van der Waals surface area contributed by atoms with Gasteiger partial charge in [0.2, 0.25) is 0 Å². The zero-order valence-corrected chi connectivity index (χ0v) is 9.81. The smallest absolute Gasteiger partial charge is 0.0705 e. The first kappa shape index (κ1) is 10.6. The minimum absolute atomic E-state index is 0.362. The molecule has 1 heterocycles. The zero-order chi connectivity index (χ0) is 10.7. The topological polar surface area (TPSA) is 33.1 Å². The lowest BCUT2D eigenvalue weighted by atomic mass is 10.1. The summed E-state index contributed by atoms with van der Waals surface area (Å²) in [6.45, 7) is 0. The van der Waals surface area contributed by atoms with Crippen LogP contribution in [0.2, 0.25) is 0 Å². The van der Waals surface area contributed by atoms with Crippen LogP contribution in [0, 0.1) is 0 Å². The fourth-order valence-corrected chi connectivity index (χ4v) is 1.75. The first-order valence-corrected chi connectivity index (χ1v) is 6.00. The fourth-order valence-electron chi connectivity index (χ4n) is 1.52. The highest BCUT2D eigenvalue weighted by molar-refractivity contribution is 9.09. The standard InChI is InChI=1S/C12H12BrNO/c13-8-11(15)7-10-6-5-9-3-1-2-4-12(9)14-10/h1-6,11,15H,7-8H2. The highest BCUT2D eigenvalue weighted by atomic mass is 79.9. The molecule has 0 bridgehead atoms. The largest absolute Gasteiger partial charge is 0.392 e. The van der Waals surface area contributed by atoms with E-state index in [-0.39, 0.29) is 6.10 Å². The van der Waals surface area contributed by atoms with E-state index in [0.29, 0.717) is 11.8 Å². The molecule has 0 saturated heterocycles. The average Bonchev–Trinajstić information content (AvgIpc) is 2.29. The van der Waals surface area contributed by atoms with Gasteiger partial charge in [-0.1, -0.05) is 40.2 Å². The Bertz CT molecular complexity index is 458. The normalized spacial score (nSPS) is 12.9. The summed E-state index contributed by atoms with van der Waals surface area (Å²) in [6, 6.07) is 12.0. The van der Waals surface area contributed by atoms with Crippen LogP contribution in [-0.2, 0) is 6.42 Å². The number of para-hydroxylation sites is 1. The van der Waals surface area contributed by atoms with Gasteiger partial charge in [0.15, 0.2) is 0 Å². The molecule has 1 unspecified atom stereocenters. The predicted molar refractivity (Wildman–Crippen MR) is 65.2 cm³/mol. The Morgan fingerprint density at radius 2 is 2.00 bits per heavy atom. The molecule has 78 valence electrons. The van der Waals surface area contributed by atoms with Crippen LogP contribution >= 0.6 is 15.9 Å². The number of aliphatic hydroxyl groups excluding tert-OH is 1. The number of aromatic nitrogens is 1. The summed E-state index contributed by atoms with van der Waals surface area (Å²) in [5.41, 5.74) is 1.91. The highest BCUT2D eigenvalue weighted by Crippen LogP contribution is 2.13. The van der Waals surface area contributed by atoms with Crippen molar-refractivity contribution in [2.75, 3.05) is 5.33 Å². The molecule has 2 rings (SSSR count).